The van der Waals surface area contributed by atoms with Gasteiger partial charge >= 0.3 is 0 Å². The maximum Gasteiger partial charge on any atom is 0.143 e. The highest BCUT2D eigenvalue weighted by molar-refractivity contribution is 7.99. The summed E-state index contributed by atoms with van der Waals surface area (Å²) in [7, 11) is 0. The molecule has 0 aliphatic rings. The van der Waals surface area contributed by atoms with Crippen molar-refractivity contribution in [2.75, 3.05) is 11.5 Å². The highest BCUT2D eigenvalue weighted by Gasteiger charge is 2.05. The number of halogens is 2. The first-order chi connectivity index (χ1) is 5.65. The number of anilines is 1. The van der Waals surface area contributed by atoms with Gasteiger partial charge in [-0.25, -0.2) is 4.39 Å². The van der Waals surface area contributed by atoms with E-state index in [1.54, 1.807) is 0 Å². The molecule has 0 atom stereocenters. The second kappa shape index (κ2) is 4.01. The molecule has 2 N–H and O–H groups in total. The van der Waals surface area contributed by atoms with E-state index in [0.717, 1.165) is 10.6 Å². The van der Waals surface area contributed by atoms with Gasteiger partial charge in [0.05, 0.1) is 5.02 Å². The van der Waals surface area contributed by atoms with Crippen molar-refractivity contribution >= 4 is 29.1 Å². The molecule has 0 radical (unpaired) electrons. The molecule has 1 rings (SSSR count). The lowest BCUT2D eigenvalue weighted by Crippen LogP contribution is -1.90. The minimum Gasteiger partial charge on any atom is -0.398 e. The number of benzene rings is 1. The average Bonchev–Trinajstić information content (AvgIpc) is 2.01. The molecular formula is C8H9ClFNS. The van der Waals surface area contributed by atoms with Crippen molar-refractivity contribution in [1.29, 1.82) is 0 Å². The van der Waals surface area contributed by atoms with E-state index in [1.165, 1.54) is 23.9 Å². The molecule has 0 spiro atoms. The third kappa shape index (κ3) is 2.05. The molecule has 0 heterocycles. The molecule has 12 heavy (non-hydrogen) atoms. The minimum absolute atomic E-state index is 0.0768. The number of hydrogen-bond acceptors (Lipinski definition) is 2. The molecule has 66 valence electrons. The largest absolute Gasteiger partial charge is 0.398 e. The lowest BCUT2D eigenvalue weighted by Gasteiger charge is -2.04. The summed E-state index contributed by atoms with van der Waals surface area (Å²) in [5, 5.41) is 0.0768. The third-order valence-corrected chi connectivity index (χ3v) is 2.60. The van der Waals surface area contributed by atoms with Gasteiger partial charge in [-0.2, -0.15) is 0 Å². The van der Waals surface area contributed by atoms with Gasteiger partial charge in [-0.15, -0.1) is 11.8 Å². The normalized spacial score (nSPS) is 10.2. The van der Waals surface area contributed by atoms with Crippen molar-refractivity contribution in [3.05, 3.63) is 23.0 Å². The Labute approximate surface area is 80.1 Å². The maximum absolute atomic E-state index is 12.9. The molecule has 0 aliphatic carbocycles. The van der Waals surface area contributed by atoms with Crippen molar-refractivity contribution in [3.63, 3.8) is 0 Å². The highest BCUT2D eigenvalue weighted by atomic mass is 35.5. The molecule has 0 aliphatic heterocycles. The van der Waals surface area contributed by atoms with Crippen LogP contribution >= 0.6 is 23.4 Å². The van der Waals surface area contributed by atoms with E-state index < -0.39 is 5.82 Å². The van der Waals surface area contributed by atoms with Gasteiger partial charge in [0.1, 0.15) is 5.82 Å². The van der Waals surface area contributed by atoms with E-state index in [2.05, 4.69) is 0 Å². The van der Waals surface area contributed by atoms with Gasteiger partial charge < -0.3 is 5.73 Å². The van der Waals surface area contributed by atoms with Gasteiger partial charge in [-0.05, 0) is 17.9 Å². The molecule has 0 aromatic heterocycles. The molecule has 1 aromatic carbocycles. The summed E-state index contributed by atoms with van der Waals surface area (Å²) in [6, 6.07) is 2.81. The second-order valence-corrected chi connectivity index (χ2v) is 3.95. The summed E-state index contributed by atoms with van der Waals surface area (Å²) in [5.74, 6) is 0.451. The summed E-state index contributed by atoms with van der Waals surface area (Å²) in [6.45, 7) is 1.98. The first-order valence-electron chi connectivity index (χ1n) is 3.52. The molecule has 1 aromatic rings. The van der Waals surface area contributed by atoms with Gasteiger partial charge in [0.25, 0.3) is 0 Å². The number of nitrogens with two attached hydrogens (primary N) is 1. The predicted molar refractivity (Wildman–Crippen MR) is 52.2 cm³/mol. The molecule has 0 fully saturated rings. The van der Waals surface area contributed by atoms with Crippen LogP contribution in [0.25, 0.3) is 0 Å². The van der Waals surface area contributed by atoms with Gasteiger partial charge in [0.15, 0.2) is 0 Å². The molecule has 0 saturated carbocycles. The lowest BCUT2D eigenvalue weighted by molar-refractivity contribution is 0.625. The Morgan fingerprint density at radius 3 is 2.83 bits per heavy atom. The number of thioether (sulfide) groups is 1. The fraction of sp³-hybridized carbons (Fsp3) is 0.250. The second-order valence-electron chi connectivity index (χ2n) is 2.24. The average molecular weight is 206 g/mol. The minimum atomic E-state index is -0.415. The van der Waals surface area contributed by atoms with E-state index in [0.29, 0.717) is 5.69 Å². The van der Waals surface area contributed by atoms with Gasteiger partial charge in [0, 0.05) is 10.6 Å². The van der Waals surface area contributed by atoms with Gasteiger partial charge in [-0.1, -0.05) is 18.5 Å². The Morgan fingerprint density at radius 2 is 2.25 bits per heavy atom. The predicted octanol–water partition coefficient (Wildman–Crippen LogP) is 3.17. The quantitative estimate of drug-likeness (QED) is 0.593. The summed E-state index contributed by atoms with van der Waals surface area (Å²) in [6.07, 6.45) is 0. The Morgan fingerprint density at radius 1 is 1.58 bits per heavy atom. The lowest BCUT2D eigenvalue weighted by atomic mass is 10.3. The molecule has 0 saturated heterocycles. The van der Waals surface area contributed by atoms with Crippen molar-refractivity contribution in [2.45, 2.75) is 11.8 Å². The summed E-state index contributed by atoms with van der Waals surface area (Å²) >= 11 is 7.02. The smallest absolute Gasteiger partial charge is 0.143 e. The Kier molecular flexibility index (Phi) is 3.23. The topological polar surface area (TPSA) is 26.0 Å². The Bertz CT molecular complexity index is 291. The standard InChI is InChI=1S/C8H9ClFNS/c1-2-12-8-4-6(10)5(9)3-7(8)11/h3-4H,2,11H2,1H3. The number of nitrogen functional groups attached to an aromatic ring is 1. The summed E-state index contributed by atoms with van der Waals surface area (Å²) < 4.78 is 12.9. The fourth-order valence-corrected chi connectivity index (χ4v) is 1.72. The van der Waals surface area contributed by atoms with E-state index in [4.69, 9.17) is 17.3 Å². The molecule has 0 amide bonds. The van der Waals surface area contributed by atoms with Gasteiger partial charge in [0.2, 0.25) is 0 Å². The highest BCUT2D eigenvalue weighted by Crippen LogP contribution is 2.29. The van der Waals surface area contributed by atoms with Crippen LogP contribution in [0.2, 0.25) is 5.02 Å². The first kappa shape index (κ1) is 9.68. The van der Waals surface area contributed by atoms with E-state index in [-0.39, 0.29) is 5.02 Å². The van der Waals surface area contributed by atoms with Crippen LogP contribution in [0.4, 0.5) is 10.1 Å². The molecule has 1 nitrogen and oxygen atoms in total. The van der Waals surface area contributed by atoms with E-state index in [9.17, 15) is 4.39 Å². The molecule has 0 bridgehead atoms. The summed E-state index contributed by atoms with van der Waals surface area (Å²) in [5.41, 5.74) is 6.14. The Hall–Kier alpha value is -0.410. The SMILES string of the molecule is CCSc1cc(F)c(Cl)cc1N. The van der Waals surface area contributed by atoms with Gasteiger partial charge in [-0.3, -0.25) is 0 Å². The van der Waals surface area contributed by atoms with Crippen LogP contribution in [-0.2, 0) is 0 Å². The van der Waals surface area contributed by atoms with Crippen LogP contribution in [0.1, 0.15) is 6.92 Å². The van der Waals surface area contributed by atoms with Crippen molar-refractivity contribution in [3.8, 4) is 0 Å². The van der Waals surface area contributed by atoms with Crippen LogP contribution < -0.4 is 5.73 Å². The zero-order valence-electron chi connectivity index (χ0n) is 6.60. The number of hydrogen-bond donors (Lipinski definition) is 1. The van der Waals surface area contributed by atoms with Crippen molar-refractivity contribution < 1.29 is 4.39 Å². The maximum atomic E-state index is 12.9. The zero-order valence-corrected chi connectivity index (χ0v) is 8.18. The monoisotopic (exact) mass is 205 g/mol. The van der Waals surface area contributed by atoms with Crippen molar-refractivity contribution in [1.82, 2.24) is 0 Å². The van der Waals surface area contributed by atoms with Crippen LogP contribution in [-0.4, -0.2) is 5.75 Å². The van der Waals surface area contributed by atoms with Crippen LogP contribution in [0.15, 0.2) is 17.0 Å². The van der Waals surface area contributed by atoms with E-state index >= 15 is 0 Å². The molecule has 4 heteroatoms. The zero-order chi connectivity index (χ0) is 9.14. The van der Waals surface area contributed by atoms with Crippen LogP contribution in [0, 0.1) is 5.82 Å². The summed E-state index contributed by atoms with van der Waals surface area (Å²) in [4.78, 5) is 0.749. The van der Waals surface area contributed by atoms with Crippen LogP contribution in [0.5, 0.6) is 0 Å². The van der Waals surface area contributed by atoms with E-state index in [1.807, 2.05) is 6.92 Å². The third-order valence-electron chi connectivity index (χ3n) is 1.35. The first-order valence-corrected chi connectivity index (χ1v) is 4.88. The fourth-order valence-electron chi connectivity index (χ4n) is 0.824. The molecular weight excluding hydrogens is 197 g/mol. The Balaban J connectivity index is 3.05. The number of rotatable bonds is 2. The van der Waals surface area contributed by atoms with Crippen LogP contribution in [0.3, 0.4) is 0 Å². The van der Waals surface area contributed by atoms with Crippen molar-refractivity contribution in [2.24, 2.45) is 0 Å². The molecule has 0 unspecified atom stereocenters.